The van der Waals surface area contributed by atoms with Crippen LogP contribution in [0.15, 0.2) is 17.1 Å². The summed E-state index contributed by atoms with van der Waals surface area (Å²) in [4.78, 5) is 4.28. The SMILES string of the molecule is CC(C)C1=NC=[P+]=CC=C1. The molecule has 1 aliphatic heterocycles. The summed E-state index contributed by atoms with van der Waals surface area (Å²) in [6, 6.07) is 0. The van der Waals surface area contributed by atoms with E-state index in [4.69, 9.17) is 0 Å². The van der Waals surface area contributed by atoms with Gasteiger partial charge in [-0.05, 0) is 0 Å². The van der Waals surface area contributed by atoms with Crippen LogP contribution in [0.1, 0.15) is 13.8 Å². The van der Waals surface area contributed by atoms with Gasteiger partial charge in [0.15, 0.2) is 0 Å². The molecule has 10 heavy (non-hydrogen) atoms. The van der Waals surface area contributed by atoms with Gasteiger partial charge in [0.05, 0.1) is 0 Å². The van der Waals surface area contributed by atoms with Crippen molar-refractivity contribution >= 4 is 25.3 Å². The van der Waals surface area contributed by atoms with Crippen LogP contribution < -0.4 is 0 Å². The molecule has 2 heteroatoms. The second-order valence-electron chi connectivity index (χ2n) is 2.48. The molecule has 0 aromatic rings. The van der Waals surface area contributed by atoms with Gasteiger partial charge in [-0.15, -0.1) is 0 Å². The molecular formula is C8H11NP+. The first-order valence-electron chi connectivity index (χ1n) is 3.40. The number of rotatable bonds is 1. The number of allylic oxidation sites excluding steroid dienone is 2. The third kappa shape index (κ3) is 2.07. The molecule has 1 aliphatic rings. The molecular weight excluding hydrogens is 141 g/mol. The molecule has 1 heterocycles. The quantitative estimate of drug-likeness (QED) is 0.510. The van der Waals surface area contributed by atoms with E-state index in [1.165, 1.54) is 13.5 Å². The predicted molar refractivity (Wildman–Crippen MR) is 50.5 cm³/mol. The first-order valence-corrected chi connectivity index (χ1v) is 4.43. The molecule has 0 amide bonds. The number of hydrogen-bond donors (Lipinski definition) is 0. The summed E-state index contributed by atoms with van der Waals surface area (Å²) in [6.07, 6.45) is 4.13. The van der Waals surface area contributed by atoms with Crippen molar-refractivity contribution in [1.29, 1.82) is 0 Å². The van der Waals surface area contributed by atoms with Gasteiger partial charge in [0, 0.05) is 0 Å². The zero-order chi connectivity index (χ0) is 7.40. The molecule has 1 nitrogen and oxygen atoms in total. The molecule has 0 aromatic carbocycles. The molecule has 0 atom stereocenters. The topological polar surface area (TPSA) is 12.4 Å². The van der Waals surface area contributed by atoms with Crippen LogP contribution in [0, 0.1) is 5.92 Å². The fourth-order valence-corrected chi connectivity index (χ4v) is 1.18. The monoisotopic (exact) mass is 152 g/mol. The van der Waals surface area contributed by atoms with Gasteiger partial charge < -0.3 is 0 Å². The molecule has 0 radical (unpaired) electrons. The molecule has 0 bridgehead atoms. The van der Waals surface area contributed by atoms with Crippen LogP contribution in [0.3, 0.4) is 0 Å². The number of nitrogens with zero attached hydrogens (tertiary/aromatic N) is 1. The van der Waals surface area contributed by atoms with E-state index < -0.39 is 0 Å². The van der Waals surface area contributed by atoms with Crippen molar-refractivity contribution in [3.05, 3.63) is 12.2 Å². The molecule has 0 spiro atoms. The van der Waals surface area contributed by atoms with Crippen molar-refractivity contribution in [2.24, 2.45) is 10.9 Å². The average Bonchev–Trinajstić information content (AvgIpc) is 2.12. The van der Waals surface area contributed by atoms with E-state index >= 15 is 0 Å². The Morgan fingerprint density at radius 3 is 3.00 bits per heavy atom. The van der Waals surface area contributed by atoms with Gasteiger partial charge in [-0.2, -0.15) is 0 Å². The summed E-state index contributed by atoms with van der Waals surface area (Å²) in [6.45, 7) is 4.30. The summed E-state index contributed by atoms with van der Waals surface area (Å²) in [7, 11) is 1.18. The zero-order valence-electron chi connectivity index (χ0n) is 6.28. The molecule has 52 valence electrons. The van der Waals surface area contributed by atoms with E-state index in [9.17, 15) is 0 Å². The van der Waals surface area contributed by atoms with Crippen molar-refractivity contribution in [1.82, 2.24) is 0 Å². The van der Waals surface area contributed by atoms with Gasteiger partial charge in [-0.1, -0.05) is 0 Å². The summed E-state index contributed by atoms with van der Waals surface area (Å²) in [5, 5.41) is 0. The van der Waals surface area contributed by atoms with Crippen LogP contribution in [-0.4, -0.2) is 17.4 Å². The van der Waals surface area contributed by atoms with Gasteiger partial charge in [0.1, 0.15) is 0 Å². The van der Waals surface area contributed by atoms with Crippen molar-refractivity contribution in [2.45, 2.75) is 13.8 Å². The standard InChI is InChI=1S/C8H11NP/c1-7(2)8-4-3-5-10-6-9-8/h3-7H,1-2H3/q+1. The van der Waals surface area contributed by atoms with E-state index in [1.54, 1.807) is 0 Å². The van der Waals surface area contributed by atoms with E-state index in [0.717, 1.165) is 0 Å². The van der Waals surface area contributed by atoms with Crippen LogP contribution in [0.25, 0.3) is 0 Å². The Bertz CT molecular complexity index is 230. The van der Waals surface area contributed by atoms with Gasteiger partial charge in [-0.25, -0.2) is 0 Å². The Kier molecular flexibility index (Phi) is 2.82. The Balaban J connectivity index is 2.81. The number of aliphatic imine (C=N–C) groups is 1. The molecule has 0 saturated carbocycles. The Morgan fingerprint density at radius 2 is 2.30 bits per heavy atom. The summed E-state index contributed by atoms with van der Waals surface area (Å²) < 4.78 is 0. The molecule has 0 saturated heterocycles. The van der Waals surface area contributed by atoms with Gasteiger partial charge in [-0.3, -0.25) is 0 Å². The van der Waals surface area contributed by atoms with Crippen LogP contribution in [0.5, 0.6) is 0 Å². The summed E-state index contributed by atoms with van der Waals surface area (Å²) in [5.41, 5.74) is 1.17. The minimum atomic E-state index is 0.536. The van der Waals surface area contributed by atoms with Crippen molar-refractivity contribution in [3.8, 4) is 0 Å². The van der Waals surface area contributed by atoms with Crippen LogP contribution in [0.2, 0.25) is 0 Å². The van der Waals surface area contributed by atoms with Gasteiger partial charge in [0.2, 0.25) is 0 Å². The Labute approximate surface area is 62.9 Å². The number of hydrogen-bond acceptors (Lipinski definition) is 1. The molecule has 0 aliphatic carbocycles. The fourth-order valence-electron chi connectivity index (χ4n) is 0.714. The van der Waals surface area contributed by atoms with Gasteiger partial charge >= 0.3 is 62.2 Å². The van der Waals surface area contributed by atoms with Crippen LogP contribution in [-0.2, 0) is 0 Å². The zero-order valence-corrected chi connectivity index (χ0v) is 7.18. The van der Waals surface area contributed by atoms with Crippen molar-refractivity contribution < 1.29 is 0 Å². The minimum absolute atomic E-state index is 0.536. The van der Waals surface area contributed by atoms with Crippen molar-refractivity contribution in [2.75, 3.05) is 0 Å². The fraction of sp³-hybridized carbons (Fsp3) is 0.375. The Hall–Kier alpha value is -0.420. The summed E-state index contributed by atoms with van der Waals surface area (Å²) in [5.74, 6) is 4.54. The van der Waals surface area contributed by atoms with E-state index in [-0.39, 0.29) is 0 Å². The Morgan fingerprint density at radius 1 is 1.50 bits per heavy atom. The van der Waals surface area contributed by atoms with E-state index in [2.05, 4.69) is 36.8 Å². The maximum atomic E-state index is 4.28. The second kappa shape index (κ2) is 3.68. The first kappa shape index (κ1) is 7.68. The van der Waals surface area contributed by atoms with Crippen molar-refractivity contribution in [3.63, 3.8) is 0 Å². The maximum absolute atomic E-state index is 4.28. The predicted octanol–water partition coefficient (Wildman–Crippen LogP) is 2.16. The van der Waals surface area contributed by atoms with Crippen LogP contribution >= 0.6 is 7.83 Å². The third-order valence-electron chi connectivity index (χ3n) is 1.30. The molecule has 0 aromatic heterocycles. The van der Waals surface area contributed by atoms with Crippen LogP contribution in [0.4, 0.5) is 0 Å². The van der Waals surface area contributed by atoms with E-state index in [1.807, 2.05) is 5.92 Å². The second-order valence-corrected chi connectivity index (χ2v) is 3.31. The molecule has 0 unspecified atom stereocenters. The third-order valence-corrected chi connectivity index (χ3v) is 1.90. The molecule has 0 N–H and O–H groups in total. The average molecular weight is 152 g/mol. The molecule has 1 rings (SSSR count). The normalized spacial score (nSPS) is 16.5. The molecule has 0 fully saturated rings. The summed E-state index contributed by atoms with van der Waals surface area (Å²) >= 11 is 0. The van der Waals surface area contributed by atoms with E-state index in [0.29, 0.717) is 5.92 Å². The van der Waals surface area contributed by atoms with Gasteiger partial charge in [0.25, 0.3) is 0 Å². The first-order chi connectivity index (χ1) is 4.80.